The molecule has 4 heterocycles. The van der Waals surface area contributed by atoms with Gasteiger partial charge in [-0.3, -0.25) is 9.59 Å². The maximum Gasteiger partial charge on any atom is 0.416 e. The largest absolute Gasteiger partial charge is 0.416 e. The topological polar surface area (TPSA) is 170 Å². The van der Waals surface area contributed by atoms with Gasteiger partial charge in [0.25, 0.3) is 0 Å². The Labute approximate surface area is 406 Å². The van der Waals surface area contributed by atoms with E-state index in [4.69, 9.17) is 18.9 Å². The van der Waals surface area contributed by atoms with Crippen LogP contribution in [0, 0.1) is 22.7 Å². The number of sulfone groups is 2. The van der Waals surface area contributed by atoms with Gasteiger partial charge in [-0.05, 0) is 111 Å². The number of fused-ring (bicyclic) bond motifs is 2. The van der Waals surface area contributed by atoms with Crippen molar-refractivity contribution in [2.45, 2.75) is 151 Å². The summed E-state index contributed by atoms with van der Waals surface area (Å²) in [5, 5.41) is 7.25. The van der Waals surface area contributed by atoms with Gasteiger partial charge in [0, 0.05) is 64.7 Å². The van der Waals surface area contributed by atoms with Gasteiger partial charge in [0.15, 0.2) is 19.7 Å². The highest BCUT2D eigenvalue weighted by atomic mass is 32.2. The second-order valence-corrected chi connectivity index (χ2v) is 24.3. The molecule has 392 valence electrons. The minimum atomic E-state index is -4.60. The van der Waals surface area contributed by atoms with E-state index < -0.39 is 65.7 Å². The fraction of sp³-hybridized carbons (Fsp3) is 0.708. The minimum absolute atomic E-state index is 0.0103. The van der Waals surface area contributed by atoms with Crippen LogP contribution in [0.2, 0.25) is 0 Å². The number of methoxy groups -OCH3 is 2. The number of amides is 2. The van der Waals surface area contributed by atoms with E-state index in [9.17, 15) is 52.8 Å². The van der Waals surface area contributed by atoms with Gasteiger partial charge in [-0.25, -0.2) is 16.8 Å². The monoisotopic (exact) mass is 1040 g/mol. The van der Waals surface area contributed by atoms with Crippen LogP contribution >= 0.6 is 0 Å². The molecule has 6 aliphatic rings. The highest BCUT2D eigenvalue weighted by Crippen LogP contribution is 2.49. The molecule has 8 rings (SSSR count). The van der Waals surface area contributed by atoms with E-state index in [1.54, 1.807) is 14.2 Å². The summed E-state index contributed by atoms with van der Waals surface area (Å²) < 4.78 is 153. The molecule has 0 spiro atoms. The van der Waals surface area contributed by atoms with Crippen LogP contribution in [0.15, 0.2) is 46.2 Å². The van der Waals surface area contributed by atoms with Crippen LogP contribution in [-0.2, 0) is 73.7 Å². The molecule has 2 aromatic rings. The number of hydrogen-bond donors (Lipinski definition) is 2. The van der Waals surface area contributed by atoms with Gasteiger partial charge in [0.1, 0.15) is 11.8 Å². The number of benzene rings is 2. The number of carbonyl (C=O) groups excluding carboxylic acids is 2. The third kappa shape index (κ3) is 11.2. The van der Waals surface area contributed by atoms with Gasteiger partial charge < -0.3 is 39.4 Å². The van der Waals surface area contributed by atoms with Crippen molar-refractivity contribution in [2.75, 3.05) is 52.4 Å². The van der Waals surface area contributed by atoms with E-state index in [1.807, 2.05) is 27.7 Å². The van der Waals surface area contributed by atoms with Gasteiger partial charge in [-0.1, -0.05) is 27.7 Å². The average Bonchev–Trinajstić information content (AvgIpc) is 3.94. The summed E-state index contributed by atoms with van der Waals surface area (Å²) in [6.07, 6.45) is -4.08. The lowest BCUT2D eigenvalue weighted by Crippen LogP contribution is -2.52. The Morgan fingerprint density at radius 1 is 0.643 bits per heavy atom. The third-order valence-electron chi connectivity index (χ3n) is 15.7. The predicted octanol–water partition coefficient (Wildman–Crippen LogP) is 6.73. The average molecular weight is 1040 g/mol. The molecule has 4 fully saturated rings. The van der Waals surface area contributed by atoms with Gasteiger partial charge in [0.05, 0.1) is 57.2 Å². The Morgan fingerprint density at radius 3 is 1.34 bits per heavy atom. The second-order valence-electron chi connectivity index (χ2n) is 20.5. The zero-order valence-electron chi connectivity index (χ0n) is 40.5. The summed E-state index contributed by atoms with van der Waals surface area (Å²) in [6, 6.07) is 5.56. The smallest absolute Gasteiger partial charge is 0.379 e. The lowest BCUT2D eigenvalue weighted by atomic mass is 9.74. The highest BCUT2D eigenvalue weighted by Gasteiger charge is 2.53. The van der Waals surface area contributed by atoms with Crippen LogP contribution in [0.5, 0.6) is 0 Å². The maximum atomic E-state index is 13.9. The molecule has 0 bridgehead atoms. The van der Waals surface area contributed by atoms with Crippen molar-refractivity contribution < 1.29 is 71.7 Å². The molecule has 0 aromatic heterocycles. The zero-order valence-corrected chi connectivity index (χ0v) is 42.1. The number of alkyl halides is 6. The molecule has 2 N–H and O–H groups in total. The van der Waals surface area contributed by atoms with Crippen molar-refractivity contribution in [3.63, 3.8) is 0 Å². The predicted molar refractivity (Wildman–Crippen MR) is 244 cm³/mol. The molecule has 4 aliphatic heterocycles. The maximum absolute atomic E-state index is 13.9. The summed E-state index contributed by atoms with van der Waals surface area (Å²) in [4.78, 5) is 29.9. The van der Waals surface area contributed by atoms with E-state index in [1.165, 1.54) is 9.80 Å². The van der Waals surface area contributed by atoms with Gasteiger partial charge in [0.2, 0.25) is 11.8 Å². The van der Waals surface area contributed by atoms with Crippen molar-refractivity contribution in [2.24, 2.45) is 22.7 Å². The van der Waals surface area contributed by atoms with Crippen LogP contribution in [0.3, 0.4) is 0 Å². The molecule has 2 aliphatic carbocycles. The Kier molecular flexibility index (Phi) is 16.2. The van der Waals surface area contributed by atoms with Crippen molar-refractivity contribution in [1.29, 1.82) is 0 Å². The van der Waals surface area contributed by atoms with Gasteiger partial charge in [-0.15, -0.1) is 0 Å². The lowest BCUT2D eigenvalue weighted by Gasteiger charge is -2.40. The number of halogens is 6. The Morgan fingerprint density at radius 2 is 1.01 bits per heavy atom. The second kappa shape index (κ2) is 20.9. The number of nitrogens with one attached hydrogen (secondary N) is 2. The van der Waals surface area contributed by atoms with Gasteiger partial charge >= 0.3 is 12.4 Å². The van der Waals surface area contributed by atoms with E-state index in [0.717, 1.165) is 62.1 Å². The first-order chi connectivity index (χ1) is 32.7. The molecule has 0 radical (unpaired) electrons. The fourth-order valence-electron chi connectivity index (χ4n) is 11.6. The van der Waals surface area contributed by atoms with Crippen LogP contribution in [0.4, 0.5) is 26.3 Å². The van der Waals surface area contributed by atoms with Crippen LogP contribution in [0.25, 0.3) is 0 Å². The molecule has 14 nitrogen and oxygen atoms in total. The molecular weight excluding hydrogens is 971 g/mol. The van der Waals surface area contributed by atoms with Crippen LogP contribution in [-0.4, -0.2) is 127 Å². The number of nitrogens with zero attached hydrogens (tertiary/aromatic N) is 2. The summed E-state index contributed by atoms with van der Waals surface area (Å²) >= 11 is 0. The standard InChI is InChI=1S/2C24H33F3N2O5S/c2*1-15(2)23(8-6-18(11-23)28-19-7-9-34-13-20(19)33-3)22(30)29-12-16-10-17(24(25,26)27)4-5-21(16)35(31,32)14-29/h2*4-5,10,15,18-20,28H,6-9,11-14H2,1-3H3/t18-,19+,20-,23+;18-,19-,20+,23+/m11/s1. The van der Waals surface area contributed by atoms with E-state index >= 15 is 0 Å². The van der Waals surface area contributed by atoms with E-state index in [0.29, 0.717) is 52.1 Å². The molecule has 2 amide bonds. The molecule has 2 saturated carbocycles. The van der Waals surface area contributed by atoms with Crippen LogP contribution < -0.4 is 10.6 Å². The first-order valence-electron chi connectivity index (χ1n) is 23.9. The van der Waals surface area contributed by atoms with E-state index in [-0.39, 0.29) is 94.0 Å². The minimum Gasteiger partial charge on any atom is -0.379 e. The molecule has 22 heteroatoms. The molecular formula is C48H66F6N4O10S2. The number of hydrogen-bond acceptors (Lipinski definition) is 12. The highest BCUT2D eigenvalue weighted by molar-refractivity contribution is 7.91. The summed E-state index contributed by atoms with van der Waals surface area (Å²) in [5.74, 6) is -1.80. The Balaban J connectivity index is 0.000000206. The van der Waals surface area contributed by atoms with Crippen molar-refractivity contribution in [3.05, 3.63) is 58.7 Å². The summed E-state index contributed by atoms with van der Waals surface area (Å²) in [7, 11) is -4.59. The Hall–Kier alpha value is -3.38. The lowest BCUT2D eigenvalue weighted by molar-refractivity contribution is -0.145. The van der Waals surface area contributed by atoms with Gasteiger partial charge in [-0.2, -0.15) is 26.3 Å². The molecule has 2 aromatic carbocycles. The third-order valence-corrected chi connectivity index (χ3v) is 19.1. The fourth-order valence-corrected chi connectivity index (χ4v) is 14.7. The normalized spacial score (nSPS) is 30.9. The molecule has 70 heavy (non-hydrogen) atoms. The molecule has 8 atom stereocenters. The number of ether oxygens (including phenoxy) is 4. The first-order valence-corrected chi connectivity index (χ1v) is 27.2. The summed E-state index contributed by atoms with van der Waals surface area (Å²) in [6.45, 7) is 9.72. The molecule has 2 saturated heterocycles. The van der Waals surface area contributed by atoms with Crippen molar-refractivity contribution in [3.8, 4) is 0 Å². The van der Waals surface area contributed by atoms with E-state index in [2.05, 4.69) is 10.6 Å². The SMILES string of the molecule is CO[C@@H]1COCC[C@@H]1N[C@@H]1CC[C@@](C(=O)N2Cc3cc(C(F)(F)F)ccc3S(=O)(=O)C2)(C(C)C)C1.CO[C@H]1COCC[C@H]1N[C@@H]1CC[C@@](C(=O)N2Cc3cc(C(F)(F)F)ccc3S(=O)(=O)C2)(C(C)C)C1. The molecule has 0 unspecified atom stereocenters. The van der Waals surface area contributed by atoms with Crippen LogP contribution in [0.1, 0.15) is 101 Å². The number of carbonyl (C=O) groups is 2. The zero-order chi connectivity index (χ0) is 51.2. The van der Waals surface area contributed by atoms with Crippen molar-refractivity contribution in [1.82, 2.24) is 20.4 Å². The van der Waals surface area contributed by atoms with Crippen molar-refractivity contribution >= 4 is 31.5 Å². The Bertz CT molecular complexity index is 2290. The summed E-state index contributed by atoms with van der Waals surface area (Å²) in [5.41, 5.74) is -3.41. The quantitative estimate of drug-likeness (QED) is 0.241. The number of rotatable bonds is 10. The first kappa shape index (κ1) is 54.4.